The summed E-state index contributed by atoms with van der Waals surface area (Å²) in [5.74, 6) is 3.03. The van der Waals surface area contributed by atoms with Crippen molar-refractivity contribution < 1.29 is 19.4 Å². The fraction of sp³-hybridized carbons (Fsp3) is 0.826. The number of hydrogen-bond donors (Lipinski definition) is 1. The van der Waals surface area contributed by atoms with E-state index < -0.39 is 11.7 Å². The zero-order valence-corrected chi connectivity index (χ0v) is 17.0. The SMILES string of the molecule is C=C1C[C@H]2[C@@H]3CCC4CC(=O)CC[C@@H]4[C@H]3CC[C@]2(C)[C@@]1(OC(C)=O)C(C)O. The average molecular weight is 375 g/mol. The molecule has 150 valence electrons. The fourth-order valence-corrected chi connectivity index (χ4v) is 7.91. The van der Waals surface area contributed by atoms with Gasteiger partial charge in [-0.25, -0.2) is 0 Å². The molecule has 4 rings (SSSR count). The number of hydrogen-bond acceptors (Lipinski definition) is 4. The van der Waals surface area contributed by atoms with Crippen molar-refractivity contribution in [3.05, 3.63) is 12.2 Å². The molecule has 4 aliphatic carbocycles. The van der Waals surface area contributed by atoms with Gasteiger partial charge in [0.15, 0.2) is 5.60 Å². The van der Waals surface area contributed by atoms with E-state index in [9.17, 15) is 14.7 Å². The van der Waals surface area contributed by atoms with E-state index in [0.717, 1.165) is 56.9 Å². The van der Waals surface area contributed by atoms with Crippen LogP contribution in [0.1, 0.15) is 72.1 Å². The monoisotopic (exact) mass is 374 g/mol. The summed E-state index contributed by atoms with van der Waals surface area (Å²) in [5, 5.41) is 10.8. The van der Waals surface area contributed by atoms with Crippen LogP contribution in [0.2, 0.25) is 0 Å². The Morgan fingerprint density at radius 2 is 1.93 bits per heavy atom. The third-order valence-electron chi connectivity index (χ3n) is 8.89. The van der Waals surface area contributed by atoms with Crippen LogP contribution in [0.25, 0.3) is 0 Å². The van der Waals surface area contributed by atoms with E-state index in [0.29, 0.717) is 35.4 Å². The highest BCUT2D eigenvalue weighted by Gasteiger charge is 2.68. The molecule has 4 aliphatic rings. The predicted octanol–water partition coefficient (Wildman–Crippen LogP) is 4.06. The Kier molecular flexibility index (Phi) is 4.57. The zero-order chi connectivity index (χ0) is 19.6. The van der Waals surface area contributed by atoms with Gasteiger partial charge in [0.1, 0.15) is 5.78 Å². The molecule has 0 amide bonds. The Morgan fingerprint density at radius 3 is 2.59 bits per heavy atom. The molecule has 0 saturated heterocycles. The summed E-state index contributed by atoms with van der Waals surface area (Å²) in [5.41, 5.74) is -0.335. The Labute approximate surface area is 162 Å². The van der Waals surface area contributed by atoms with Crippen molar-refractivity contribution in [2.75, 3.05) is 0 Å². The lowest BCUT2D eigenvalue weighted by Crippen LogP contribution is -2.59. The second-order valence-corrected chi connectivity index (χ2v) is 9.99. The number of aliphatic hydroxyl groups excluding tert-OH is 1. The summed E-state index contributed by atoms with van der Waals surface area (Å²) in [4.78, 5) is 23.9. The molecule has 27 heavy (non-hydrogen) atoms. The van der Waals surface area contributed by atoms with Gasteiger partial charge in [0.05, 0.1) is 6.10 Å². The van der Waals surface area contributed by atoms with Crippen LogP contribution in [0.3, 0.4) is 0 Å². The molecule has 2 unspecified atom stereocenters. The topological polar surface area (TPSA) is 63.6 Å². The largest absolute Gasteiger partial charge is 0.451 e. The first kappa shape index (κ1) is 19.2. The van der Waals surface area contributed by atoms with Gasteiger partial charge in [0, 0.05) is 25.2 Å². The highest BCUT2D eigenvalue weighted by atomic mass is 16.6. The van der Waals surface area contributed by atoms with Crippen molar-refractivity contribution in [1.82, 2.24) is 0 Å². The highest BCUT2D eigenvalue weighted by Crippen LogP contribution is 2.68. The van der Waals surface area contributed by atoms with Crippen LogP contribution in [0.4, 0.5) is 0 Å². The van der Waals surface area contributed by atoms with Gasteiger partial charge in [-0.15, -0.1) is 0 Å². The Hall–Kier alpha value is -1.16. The molecule has 0 radical (unpaired) electrons. The third-order valence-corrected chi connectivity index (χ3v) is 8.89. The Morgan fingerprint density at radius 1 is 1.19 bits per heavy atom. The summed E-state index contributed by atoms with van der Waals surface area (Å²) < 4.78 is 5.91. The smallest absolute Gasteiger partial charge is 0.303 e. The van der Waals surface area contributed by atoms with Crippen LogP contribution < -0.4 is 0 Å². The fourth-order valence-electron chi connectivity index (χ4n) is 7.91. The molecule has 4 nitrogen and oxygen atoms in total. The molecular weight excluding hydrogens is 340 g/mol. The Bertz CT molecular complexity index is 667. The predicted molar refractivity (Wildman–Crippen MR) is 103 cm³/mol. The molecule has 0 aliphatic heterocycles. The number of esters is 1. The number of carbonyl (C=O) groups is 2. The van der Waals surface area contributed by atoms with E-state index in [-0.39, 0.29) is 11.4 Å². The van der Waals surface area contributed by atoms with Crippen LogP contribution in [-0.4, -0.2) is 28.6 Å². The molecular formula is C23H34O4. The summed E-state index contributed by atoms with van der Waals surface area (Å²) in [6, 6.07) is 0. The first-order valence-corrected chi connectivity index (χ1v) is 10.8. The number of ketones is 1. The van der Waals surface area contributed by atoms with Crippen LogP contribution in [0.5, 0.6) is 0 Å². The maximum atomic E-state index is 12.0. The molecule has 0 aromatic rings. The van der Waals surface area contributed by atoms with Crippen molar-refractivity contribution in [3.8, 4) is 0 Å². The van der Waals surface area contributed by atoms with Gasteiger partial charge in [0.25, 0.3) is 0 Å². The van der Waals surface area contributed by atoms with Crippen LogP contribution in [0.15, 0.2) is 12.2 Å². The number of fused-ring (bicyclic) bond motifs is 5. The van der Waals surface area contributed by atoms with Crippen LogP contribution in [-0.2, 0) is 14.3 Å². The molecule has 0 spiro atoms. The number of carbonyl (C=O) groups excluding carboxylic acids is 2. The van der Waals surface area contributed by atoms with Gasteiger partial charge in [-0.3, -0.25) is 9.59 Å². The van der Waals surface area contributed by atoms with E-state index in [1.807, 2.05) is 0 Å². The minimum atomic E-state index is -0.964. The number of Topliss-reactive ketones (excluding diaryl/α,β-unsaturated/α-hetero) is 1. The maximum absolute atomic E-state index is 12.0. The maximum Gasteiger partial charge on any atom is 0.303 e. The second-order valence-electron chi connectivity index (χ2n) is 9.99. The first-order valence-electron chi connectivity index (χ1n) is 10.8. The van der Waals surface area contributed by atoms with E-state index in [1.165, 1.54) is 6.92 Å². The van der Waals surface area contributed by atoms with Gasteiger partial charge >= 0.3 is 5.97 Å². The van der Waals surface area contributed by atoms with Crippen molar-refractivity contribution in [3.63, 3.8) is 0 Å². The first-order chi connectivity index (χ1) is 12.7. The molecule has 4 heteroatoms. The summed E-state index contributed by atoms with van der Waals surface area (Å²) in [7, 11) is 0. The quantitative estimate of drug-likeness (QED) is 0.585. The summed E-state index contributed by atoms with van der Waals surface area (Å²) in [6.07, 6.45) is 7.03. The van der Waals surface area contributed by atoms with Crippen molar-refractivity contribution in [2.45, 2.75) is 83.8 Å². The van der Waals surface area contributed by atoms with E-state index in [4.69, 9.17) is 4.74 Å². The van der Waals surface area contributed by atoms with Crippen molar-refractivity contribution in [2.24, 2.45) is 35.0 Å². The standard InChI is InChI=1S/C23H34O4/c1-13-11-21-20-7-5-16-12-17(26)6-8-18(16)19(20)9-10-22(21,4)23(13,14(2)24)27-15(3)25/h14,16,18-21,24H,1,5-12H2,2-4H3/t14?,16?,18-,19+,20+,21-,22-,23-/m0/s1. The van der Waals surface area contributed by atoms with E-state index >= 15 is 0 Å². The van der Waals surface area contributed by atoms with Gasteiger partial charge in [0.2, 0.25) is 0 Å². The summed E-state index contributed by atoms with van der Waals surface area (Å²) >= 11 is 0. The number of aliphatic hydroxyl groups is 1. The zero-order valence-electron chi connectivity index (χ0n) is 17.0. The van der Waals surface area contributed by atoms with Gasteiger partial charge in [-0.2, -0.15) is 0 Å². The lowest BCUT2D eigenvalue weighted by atomic mass is 9.49. The lowest BCUT2D eigenvalue weighted by molar-refractivity contribution is -0.197. The minimum Gasteiger partial charge on any atom is -0.451 e. The van der Waals surface area contributed by atoms with E-state index in [1.54, 1.807) is 6.92 Å². The lowest BCUT2D eigenvalue weighted by Gasteiger charge is -2.57. The Balaban J connectivity index is 1.67. The number of rotatable bonds is 2. The molecule has 1 N–H and O–H groups in total. The number of ether oxygens (including phenoxy) is 1. The van der Waals surface area contributed by atoms with E-state index in [2.05, 4.69) is 13.5 Å². The van der Waals surface area contributed by atoms with Crippen LogP contribution in [0, 0.1) is 35.0 Å². The molecule has 0 aromatic carbocycles. The molecule has 4 fully saturated rings. The normalized spacial score (nSPS) is 47.6. The van der Waals surface area contributed by atoms with Crippen LogP contribution >= 0.6 is 0 Å². The van der Waals surface area contributed by atoms with Gasteiger partial charge < -0.3 is 9.84 Å². The average Bonchev–Trinajstić information content (AvgIpc) is 2.82. The third kappa shape index (κ3) is 2.58. The highest BCUT2D eigenvalue weighted by molar-refractivity contribution is 5.79. The van der Waals surface area contributed by atoms with Crippen molar-refractivity contribution in [1.29, 1.82) is 0 Å². The summed E-state index contributed by atoms with van der Waals surface area (Å²) in [6.45, 7) is 9.70. The molecule has 0 aromatic heterocycles. The molecule has 8 atom stereocenters. The van der Waals surface area contributed by atoms with Gasteiger partial charge in [-0.05, 0) is 80.6 Å². The minimum absolute atomic E-state index is 0.261. The molecule has 4 saturated carbocycles. The van der Waals surface area contributed by atoms with Crippen molar-refractivity contribution >= 4 is 11.8 Å². The molecule has 0 bridgehead atoms. The van der Waals surface area contributed by atoms with Gasteiger partial charge in [-0.1, -0.05) is 13.5 Å². The second kappa shape index (κ2) is 6.43. The molecule has 0 heterocycles.